The summed E-state index contributed by atoms with van der Waals surface area (Å²) in [5.41, 5.74) is 9.78. The van der Waals surface area contributed by atoms with E-state index in [0.29, 0.717) is 6.42 Å². The molecule has 1 aromatic heterocycles. The van der Waals surface area contributed by atoms with Crippen LogP contribution in [0.5, 0.6) is 0 Å². The maximum atomic E-state index is 12.9. The molecule has 0 bridgehead atoms. The third-order valence-corrected chi connectivity index (χ3v) is 8.02. The number of hydrogen-bond donors (Lipinski definition) is 3. The molecule has 1 aliphatic carbocycles. The molecule has 35 heavy (non-hydrogen) atoms. The molecule has 6 heteroatoms. The van der Waals surface area contributed by atoms with E-state index in [-0.39, 0.29) is 11.2 Å². The Kier molecular flexibility index (Phi) is 6.11. The number of allylic oxidation sites excluding steroid dienone is 4. The molecule has 3 aliphatic rings. The van der Waals surface area contributed by atoms with Crippen LogP contribution in [0.2, 0.25) is 0 Å². The third kappa shape index (κ3) is 4.01. The number of carbonyl (C=O) groups excluding carboxylic acids is 1. The summed E-state index contributed by atoms with van der Waals surface area (Å²) < 4.78 is 0. The number of benzene rings is 1. The Balaban J connectivity index is 1.61. The molecule has 1 fully saturated rings. The highest BCUT2D eigenvalue weighted by molar-refractivity contribution is 6.03. The van der Waals surface area contributed by atoms with Gasteiger partial charge in [0.2, 0.25) is 0 Å². The molecule has 0 amide bonds. The summed E-state index contributed by atoms with van der Waals surface area (Å²) in [4.78, 5) is 17.7. The highest BCUT2D eigenvalue weighted by Crippen LogP contribution is 2.46. The number of ketones is 1. The molecule has 0 atom stereocenters. The quantitative estimate of drug-likeness (QED) is 0.344. The summed E-state index contributed by atoms with van der Waals surface area (Å²) in [6.07, 6.45) is 8.93. The van der Waals surface area contributed by atoms with Crippen LogP contribution in [0, 0.1) is 0 Å². The monoisotopic (exact) mass is 469 g/mol. The predicted octanol–water partition coefficient (Wildman–Crippen LogP) is 4.65. The lowest BCUT2D eigenvalue weighted by Crippen LogP contribution is -2.38. The summed E-state index contributed by atoms with van der Waals surface area (Å²) in [6, 6.07) is 8.66. The van der Waals surface area contributed by atoms with Crippen LogP contribution in [0.3, 0.4) is 0 Å². The average molecular weight is 470 g/mol. The van der Waals surface area contributed by atoms with Gasteiger partial charge in [-0.3, -0.25) is 4.79 Å². The zero-order valence-corrected chi connectivity index (χ0v) is 21.2. The first-order valence-corrected chi connectivity index (χ1v) is 12.5. The molecular formula is C29H35N5O. The summed E-state index contributed by atoms with van der Waals surface area (Å²) in [7, 11) is 1.86. The van der Waals surface area contributed by atoms with Crippen molar-refractivity contribution in [3.8, 4) is 0 Å². The normalized spacial score (nSPS) is 19.5. The van der Waals surface area contributed by atoms with Gasteiger partial charge in [-0.05, 0) is 81.1 Å². The van der Waals surface area contributed by atoms with Gasteiger partial charge in [0.25, 0.3) is 0 Å². The molecule has 4 N–H and O–H groups in total. The Morgan fingerprint density at radius 1 is 1.17 bits per heavy atom. The van der Waals surface area contributed by atoms with E-state index >= 15 is 0 Å². The molecule has 0 saturated carbocycles. The number of Topliss-reactive ketones (excluding diaryl/α,β-unsaturated/α-hetero) is 1. The fourth-order valence-corrected chi connectivity index (χ4v) is 5.87. The second-order valence-electron chi connectivity index (χ2n) is 10.1. The van der Waals surface area contributed by atoms with Crippen LogP contribution in [0.25, 0.3) is 11.1 Å². The Morgan fingerprint density at radius 2 is 1.94 bits per heavy atom. The molecule has 6 nitrogen and oxygen atoms in total. The lowest BCUT2D eigenvalue weighted by molar-refractivity contribution is 0.0964. The van der Waals surface area contributed by atoms with Gasteiger partial charge in [0, 0.05) is 59.6 Å². The van der Waals surface area contributed by atoms with Gasteiger partial charge in [-0.25, -0.2) is 10.8 Å². The van der Waals surface area contributed by atoms with E-state index in [2.05, 4.69) is 47.9 Å². The van der Waals surface area contributed by atoms with Crippen LogP contribution in [0.1, 0.15) is 72.6 Å². The molecule has 1 aromatic carbocycles. The van der Waals surface area contributed by atoms with Crippen LogP contribution in [-0.2, 0) is 5.41 Å². The highest BCUT2D eigenvalue weighted by atomic mass is 16.1. The van der Waals surface area contributed by atoms with Gasteiger partial charge in [-0.15, -0.1) is 0 Å². The zero-order chi connectivity index (χ0) is 24.7. The van der Waals surface area contributed by atoms with Gasteiger partial charge < -0.3 is 15.6 Å². The molecule has 3 heterocycles. The van der Waals surface area contributed by atoms with Crippen molar-refractivity contribution in [1.82, 2.24) is 15.3 Å². The molecule has 1 spiro atoms. The third-order valence-electron chi connectivity index (χ3n) is 8.02. The van der Waals surface area contributed by atoms with E-state index in [0.717, 1.165) is 83.0 Å². The number of fused-ring (bicyclic) bond motifs is 3. The molecule has 182 valence electrons. The number of hydrazine groups is 1. The first-order valence-electron chi connectivity index (χ1n) is 12.5. The molecule has 1 saturated heterocycles. The number of nitrogens with two attached hydrogens (primary N) is 1. The smallest absolute Gasteiger partial charge is 0.164 e. The Bertz CT molecular complexity index is 1280. The lowest BCUT2D eigenvalue weighted by Gasteiger charge is -2.34. The maximum Gasteiger partial charge on any atom is 0.164 e. The first kappa shape index (κ1) is 23.5. The number of nitrogens with one attached hydrogen (secondary N) is 2. The van der Waals surface area contributed by atoms with Crippen molar-refractivity contribution in [3.63, 3.8) is 0 Å². The molecular weight excluding hydrogens is 434 g/mol. The zero-order valence-electron chi connectivity index (χ0n) is 21.2. The van der Waals surface area contributed by atoms with Crippen molar-refractivity contribution < 1.29 is 4.79 Å². The van der Waals surface area contributed by atoms with Crippen molar-refractivity contribution >= 4 is 22.7 Å². The topological polar surface area (TPSA) is 83.3 Å². The highest BCUT2D eigenvalue weighted by Gasteiger charge is 2.44. The second-order valence-corrected chi connectivity index (χ2v) is 10.1. The lowest BCUT2D eigenvalue weighted by atomic mass is 9.73. The fourth-order valence-electron chi connectivity index (χ4n) is 5.87. The minimum absolute atomic E-state index is 0.0220. The summed E-state index contributed by atoms with van der Waals surface area (Å²) >= 11 is 0. The Morgan fingerprint density at radius 3 is 2.66 bits per heavy atom. The number of anilines is 1. The first-order chi connectivity index (χ1) is 16.8. The van der Waals surface area contributed by atoms with Crippen LogP contribution in [-0.4, -0.2) is 42.5 Å². The largest absolute Gasteiger partial charge is 0.366 e. The molecule has 5 rings (SSSR count). The van der Waals surface area contributed by atoms with Crippen molar-refractivity contribution in [2.45, 2.75) is 45.4 Å². The van der Waals surface area contributed by atoms with E-state index in [4.69, 9.17) is 10.8 Å². The number of nitrogens with zero attached hydrogens (tertiary/aromatic N) is 2. The van der Waals surface area contributed by atoms with Crippen LogP contribution < -0.4 is 16.5 Å². The average Bonchev–Trinajstić information content (AvgIpc) is 3.13. The Labute approximate surface area is 208 Å². The number of rotatable bonds is 4. The minimum Gasteiger partial charge on any atom is -0.366 e. The minimum atomic E-state index is -0.0220. The standard InChI is InChI=1S/C29H35N5O/c1-5-18(2)27(19(3)34(4)30)21-14-24-22(8-11-32-28(24)33-17-21)20-6-7-23-25(15-20)29(16-26(23)35)9-12-31-13-10-29/h5-8,14-15,17,31H,9-13,16,30H2,1-4H3,(H,32,33)/b18-5+,27-19+. The van der Waals surface area contributed by atoms with Crippen molar-refractivity contribution in [2.24, 2.45) is 5.84 Å². The SMILES string of the molecule is C/C=C(C)/C(=C(/C)N(C)N)c1cnc2c(c1)C(c1ccc3c(c1)C1(CCNCC1)CC3=O)=CCN2. The van der Waals surface area contributed by atoms with E-state index in [1.54, 1.807) is 5.01 Å². The van der Waals surface area contributed by atoms with E-state index < -0.39 is 0 Å². The van der Waals surface area contributed by atoms with Crippen LogP contribution in [0.15, 0.2) is 53.9 Å². The van der Waals surface area contributed by atoms with Crippen molar-refractivity contribution in [1.29, 1.82) is 0 Å². The molecule has 0 unspecified atom stereocenters. The number of piperidine rings is 1. The second kappa shape index (κ2) is 9.10. The van der Waals surface area contributed by atoms with Crippen molar-refractivity contribution in [3.05, 3.63) is 81.7 Å². The number of hydrogen-bond acceptors (Lipinski definition) is 6. The van der Waals surface area contributed by atoms with E-state index in [9.17, 15) is 4.79 Å². The fraction of sp³-hybridized carbons (Fsp3) is 0.379. The van der Waals surface area contributed by atoms with Gasteiger partial charge in [0.15, 0.2) is 5.78 Å². The van der Waals surface area contributed by atoms with Crippen LogP contribution >= 0.6 is 0 Å². The Hall–Kier alpha value is -3.22. The van der Waals surface area contributed by atoms with Gasteiger partial charge >= 0.3 is 0 Å². The number of aromatic nitrogens is 1. The number of carbonyl (C=O) groups is 1. The molecule has 2 aliphatic heterocycles. The van der Waals surface area contributed by atoms with Gasteiger partial charge in [0.1, 0.15) is 5.82 Å². The van der Waals surface area contributed by atoms with Gasteiger partial charge in [0.05, 0.1) is 0 Å². The predicted molar refractivity (Wildman–Crippen MR) is 143 cm³/mol. The molecule has 2 aromatic rings. The van der Waals surface area contributed by atoms with Crippen LogP contribution in [0.4, 0.5) is 5.82 Å². The van der Waals surface area contributed by atoms with Gasteiger partial charge in [-0.2, -0.15) is 0 Å². The van der Waals surface area contributed by atoms with Gasteiger partial charge in [-0.1, -0.05) is 24.3 Å². The van der Waals surface area contributed by atoms with Crippen molar-refractivity contribution in [2.75, 3.05) is 32.0 Å². The summed E-state index contributed by atoms with van der Waals surface area (Å²) in [5.74, 6) is 7.30. The van der Waals surface area contributed by atoms with E-state index in [1.165, 1.54) is 5.56 Å². The van der Waals surface area contributed by atoms with E-state index in [1.807, 2.05) is 33.2 Å². The summed E-state index contributed by atoms with van der Waals surface area (Å²) in [6.45, 7) is 8.84. The number of pyridine rings is 1. The molecule has 0 radical (unpaired) electrons. The summed E-state index contributed by atoms with van der Waals surface area (Å²) in [5, 5.41) is 8.54. The maximum absolute atomic E-state index is 12.9.